The fraction of sp³-hybridized carbons (Fsp3) is 0.483. The second kappa shape index (κ2) is 12.7. The molecule has 0 radical (unpaired) electrons. The first kappa shape index (κ1) is 26.6. The zero-order valence-corrected chi connectivity index (χ0v) is 21.8. The molecule has 8 nitrogen and oxygen atoms in total. The van der Waals surface area contributed by atoms with Crippen LogP contribution in [0.15, 0.2) is 42.5 Å². The maximum Gasteiger partial charge on any atom is 0.319 e. The average Bonchev–Trinajstić information content (AvgIpc) is 2.93. The minimum absolute atomic E-state index is 0.00910. The Labute approximate surface area is 219 Å². The number of ether oxygens (including phenoxy) is 1. The summed E-state index contributed by atoms with van der Waals surface area (Å²) in [5.41, 5.74) is 4.05. The highest BCUT2D eigenvalue weighted by molar-refractivity contribution is 5.97. The predicted molar refractivity (Wildman–Crippen MR) is 144 cm³/mol. The molecule has 0 aliphatic carbocycles. The van der Waals surface area contributed by atoms with E-state index in [-0.39, 0.29) is 18.0 Å². The van der Waals surface area contributed by atoms with Crippen molar-refractivity contribution in [3.63, 3.8) is 0 Å². The molecule has 4 rings (SSSR count). The van der Waals surface area contributed by atoms with E-state index >= 15 is 0 Å². The molecule has 2 aromatic carbocycles. The van der Waals surface area contributed by atoms with Gasteiger partial charge >= 0.3 is 6.03 Å². The van der Waals surface area contributed by atoms with Crippen LogP contribution < -0.4 is 10.6 Å². The number of hydrogen-bond donors (Lipinski definition) is 2. The number of nitrogens with one attached hydrogen (secondary N) is 2. The zero-order chi connectivity index (χ0) is 26.2. The van der Waals surface area contributed by atoms with Crippen molar-refractivity contribution in [2.75, 3.05) is 51.8 Å². The number of methoxy groups -OCH3 is 1. The van der Waals surface area contributed by atoms with Gasteiger partial charge in [0, 0.05) is 57.1 Å². The molecular formula is C29H37N5O3. The van der Waals surface area contributed by atoms with Crippen LogP contribution in [0.3, 0.4) is 0 Å². The summed E-state index contributed by atoms with van der Waals surface area (Å²) in [4.78, 5) is 30.2. The van der Waals surface area contributed by atoms with Crippen molar-refractivity contribution >= 4 is 17.6 Å². The van der Waals surface area contributed by atoms with Gasteiger partial charge in [-0.25, -0.2) is 4.79 Å². The predicted octanol–water partition coefficient (Wildman–Crippen LogP) is 4.12. The summed E-state index contributed by atoms with van der Waals surface area (Å²) in [5.74, 6) is 0.382. The van der Waals surface area contributed by atoms with Crippen molar-refractivity contribution in [3.8, 4) is 6.07 Å². The third-order valence-electron chi connectivity index (χ3n) is 7.56. The number of nitrogens with zero attached hydrogens (tertiary/aromatic N) is 3. The van der Waals surface area contributed by atoms with E-state index in [1.54, 1.807) is 13.2 Å². The van der Waals surface area contributed by atoms with E-state index in [2.05, 4.69) is 21.6 Å². The molecule has 37 heavy (non-hydrogen) atoms. The number of carbonyl (C=O) groups is 2. The average molecular weight is 504 g/mol. The fourth-order valence-electron chi connectivity index (χ4n) is 5.18. The smallest absolute Gasteiger partial charge is 0.319 e. The Morgan fingerprint density at radius 1 is 1.03 bits per heavy atom. The van der Waals surface area contributed by atoms with Crippen LogP contribution in [0, 0.1) is 18.3 Å². The second-order valence-electron chi connectivity index (χ2n) is 10.0. The van der Waals surface area contributed by atoms with Crippen LogP contribution in [0.25, 0.3) is 0 Å². The number of benzene rings is 2. The lowest BCUT2D eigenvalue weighted by Crippen LogP contribution is -2.46. The standard InChI is InChI=1S/C29H37N5O3/c1-21-3-6-25(19-27(21)32-29(36)31-26-11-13-33(14-12-26)17-18-37-2)28(35)34-15-9-24(10-16-34)23-7-4-22(20-30)5-8-23/h3-8,19,24,26H,9-18H2,1-2H3,(H2,31,32,36). The Morgan fingerprint density at radius 2 is 1.73 bits per heavy atom. The van der Waals surface area contributed by atoms with E-state index in [9.17, 15) is 9.59 Å². The monoisotopic (exact) mass is 503 g/mol. The van der Waals surface area contributed by atoms with Gasteiger partial charge in [-0.3, -0.25) is 4.79 Å². The van der Waals surface area contributed by atoms with Crippen LogP contribution in [0.2, 0.25) is 0 Å². The van der Waals surface area contributed by atoms with E-state index in [1.807, 2.05) is 48.2 Å². The van der Waals surface area contributed by atoms with Crippen LogP contribution in [-0.2, 0) is 4.74 Å². The molecule has 0 atom stereocenters. The first-order valence-electron chi connectivity index (χ1n) is 13.2. The number of likely N-dealkylation sites (tertiary alicyclic amines) is 2. The van der Waals surface area contributed by atoms with Crippen LogP contribution >= 0.6 is 0 Å². The largest absolute Gasteiger partial charge is 0.383 e. The lowest BCUT2D eigenvalue weighted by molar-refractivity contribution is 0.0713. The summed E-state index contributed by atoms with van der Waals surface area (Å²) < 4.78 is 5.15. The highest BCUT2D eigenvalue weighted by atomic mass is 16.5. The number of aryl methyl sites for hydroxylation is 1. The van der Waals surface area contributed by atoms with Gasteiger partial charge in [-0.1, -0.05) is 18.2 Å². The van der Waals surface area contributed by atoms with Crippen molar-refractivity contribution in [2.45, 2.75) is 44.6 Å². The third-order valence-corrected chi connectivity index (χ3v) is 7.56. The van der Waals surface area contributed by atoms with E-state index in [0.29, 0.717) is 35.8 Å². The molecule has 2 aromatic rings. The third kappa shape index (κ3) is 7.09. The van der Waals surface area contributed by atoms with Gasteiger partial charge in [0.2, 0.25) is 0 Å². The number of nitriles is 1. The molecule has 196 valence electrons. The minimum atomic E-state index is -0.230. The first-order valence-corrected chi connectivity index (χ1v) is 13.2. The van der Waals surface area contributed by atoms with Crippen LogP contribution in [-0.4, -0.2) is 74.2 Å². The Balaban J connectivity index is 1.29. The van der Waals surface area contributed by atoms with E-state index in [4.69, 9.17) is 10.00 Å². The molecule has 2 fully saturated rings. The van der Waals surface area contributed by atoms with Crippen LogP contribution in [0.4, 0.5) is 10.5 Å². The Hall–Kier alpha value is -3.41. The first-order chi connectivity index (χ1) is 18.0. The van der Waals surface area contributed by atoms with Gasteiger partial charge in [-0.05, 0) is 73.9 Å². The molecule has 2 saturated heterocycles. The number of urea groups is 1. The summed E-state index contributed by atoms with van der Waals surface area (Å²) in [6, 6.07) is 15.3. The SMILES string of the molecule is COCCN1CCC(NC(=O)Nc2cc(C(=O)N3CCC(c4ccc(C#N)cc4)CC3)ccc2C)CC1. The van der Waals surface area contributed by atoms with Crippen LogP contribution in [0.1, 0.15) is 58.6 Å². The van der Waals surface area contributed by atoms with Gasteiger partial charge < -0.3 is 25.2 Å². The number of rotatable bonds is 7. The highest BCUT2D eigenvalue weighted by Gasteiger charge is 2.25. The Morgan fingerprint density at radius 3 is 2.38 bits per heavy atom. The molecule has 3 amide bonds. The summed E-state index contributed by atoms with van der Waals surface area (Å²) in [7, 11) is 1.71. The molecular weight excluding hydrogens is 466 g/mol. The molecule has 2 aliphatic heterocycles. The topological polar surface area (TPSA) is 97.7 Å². The lowest BCUT2D eigenvalue weighted by atomic mass is 9.89. The van der Waals surface area contributed by atoms with Gasteiger partial charge in [-0.2, -0.15) is 5.26 Å². The summed E-state index contributed by atoms with van der Waals surface area (Å²) >= 11 is 0. The van der Waals surface area contributed by atoms with Gasteiger partial charge in [-0.15, -0.1) is 0 Å². The zero-order valence-electron chi connectivity index (χ0n) is 21.8. The Kier molecular flexibility index (Phi) is 9.15. The number of carbonyl (C=O) groups excluding carboxylic acids is 2. The van der Waals surface area contributed by atoms with Gasteiger partial charge in [0.25, 0.3) is 5.91 Å². The number of hydrogen-bond acceptors (Lipinski definition) is 5. The van der Waals surface area contributed by atoms with E-state index in [1.165, 1.54) is 5.56 Å². The van der Waals surface area contributed by atoms with Crippen molar-refractivity contribution in [1.29, 1.82) is 5.26 Å². The van der Waals surface area contributed by atoms with Crippen molar-refractivity contribution < 1.29 is 14.3 Å². The second-order valence-corrected chi connectivity index (χ2v) is 10.0. The number of anilines is 1. The minimum Gasteiger partial charge on any atom is -0.383 e. The normalized spacial score (nSPS) is 17.3. The van der Waals surface area contributed by atoms with Crippen molar-refractivity contribution in [2.24, 2.45) is 0 Å². The lowest BCUT2D eigenvalue weighted by Gasteiger charge is -2.32. The summed E-state index contributed by atoms with van der Waals surface area (Å²) in [6.45, 7) is 6.83. The molecule has 0 saturated carbocycles. The summed E-state index contributed by atoms with van der Waals surface area (Å²) in [5, 5.41) is 15.1. The van der Waals surface area contributed by atoms with Gasteiger partial charge in [0.05, 0.1) is 18.2 Å². The van der Waals surface area contributed by atoms with Crippen LogP contribution in [0.5, 0.6) is 0 Å². The molecule has 0 aromatic heterocycles. The van der Waals surface area contributed by atoms with Crippen molar-refractivity contribution in [3.05, 3.63) is 64.7 Å². The van der Waals surface area contributed by atoms with E-state index < -0.39 is 0 Å². The summed E-state index contributed by atoms with van der Waals surface area (Å²) in [6.07, 6.45) is 3.60. The molecule has 2 N–H and O–H groups in total. The number of amides is 3. The molecule has 2 heterocycles. The molecule has 0 spiro atoms. The molecule has 0 unspecified atom stereocenters. The van der Waals surface area contributed by atoms with Gasteiger partial charge in [0.15, 0.2) is 0 Å². The maximum atomic E-state index is 13.2. The molecule has 0 bridgehead atoms. The van der Waals surface area contributed by atoms with Crippen molar-refractivity contribution in [1.82, 2.24) is 15.1 Å². The molecule has 8 heteroatoms. The fourth-order valence-corrected chi connectivity index (χ4v) is 5.18. The van der Waals surface area contributed by atoms with Gasteiger partial charge in [0.1, 0.15) is 0 Å². The van der Waals surface area contributed by atoms with E-state index in [0.717, 1.165) is 57.5 Å². The Bertz CT molecular complexity index is 1110. The highest BCUT2D eigenvalue weighted by Crippen LogP contribution is 2.29. The molecule has 2 aliphatic rings. The number of piperidine rings is 2. The maximum absolute atomic E-state index is 13.2. The quantitative estimate of drug-likeness (QED) is 0.592.